The highest BCUT2D eigenvalue weighted by Crippen LogP contribution is 2.35. The van der Waals surface area contributed by atoms with Crippen molar-refractivity contribution in [2.75, 3.05) is 13.2 Å². The summed E-state index contributed by atoms with van der Waals surface area (Å²) in [4.78, 5) is 35.9. The number of carboxylic acids is 1. The lowest BCUT2D eigenvalue weighted by Crippen LogP contribution is -2.33. The Balaban J connectivity index is 2.40. The van der Waals surface area contributed by atoms with E-state index in [0.717, 1.165) is 39.1 Å². The first-order chi connectivity index (χ1) is 11.7. The number of carboxylic acid groups (broad SMARTS) is 1. The molecule has 0 radical (unpaired) electrons. The van der Waals surface area contributed by atoms with Crippen LogP contribution in [0, 0.1) is 6.92 Å². The number of rotatable bonds is 6. The van der Waals surface area contributed by atoms with Gasteiger partial charge in [0.05, 0.1) is 11.5 Å². The van der Waals surface area contributed by atoms with Crippen LogP contribution in [0.3, 0.4) is 0 Å². The lowest BCUT2D eigenvalue weighted by atomic mass is 9.96. The molecule has 0 unspecified atom stereocenters. The molecule has 1 aromatic carbocycles. The highest BCUT2D eigenvalue weighted by atomic mass is 32.2. The van der Waals surface area contributed by atoms with Crippen LogP contribution in [0.1, 0.15) is 43.4 Å². The summed E-state index contributed by atoms with van der Waals surface area (Å²) >= 11 is 0.760. The molecule has 1 fully saturated rings. The Morgan fingerprint density at radius 3 is 2.60 bits per heavy atom. The van der Waals surface area contributed by atoms with Crippen LogP contribution in [0.2, 0.25) is 0 Å². The number of imide groups is 1. The van der Waals surface area contributed by atoms with E-state index in [9.17, 15) is 14.4 Å². The summed E-state index contributed by atoms with van der Waals surface area (Å²) in [5.41, 5.74) is 2.74. The summed E-state index contributed by atoms with van der Waals surface area (Å²) in [6, 6.07) is 3.88. The zero-order valence-corrected chi connectivity index (χ0v) is 15.5. The molecule has 6 nitrogen and oxygen atoms in total. The number of thioether (sulfide) groups is 1. The van der Waals surface area contributed by atoms with E-state index in [1.54, 1.807) is 6.08 Å². The van der Waals surface area contributed by atoms with Gasteiger partial charge in [-0.3, -0.25) is 19.3 Å². The number of amides is 2. The molecule has 134 valence electrons. The van der Waals surface area contributed by atoms with E-state index >= 15 is 0 Å². The smallest absolute Gasteiger partial charge is 0.323 e. The molecule has 25 heavy (non-hydrogen) atoms. The quantitative estimate of drug-likeness (QED) is 0.777. The van der Waals surface area contributed by atoms with Gasteiger partial charge in [0.1, 0.15) is 12.3 Å². The maximum atomic E-state index is 12.3. The van der Waals surface area contributed by atoms with Gasteiger partial charge in [-0.2, -0.15) is 0 Å². The van der Waals surface area contributed by atoms with E-state index in [-0.39, 0.29) is 10.8 Å². The van der Waals surface area contributed by atoms with Crippen molar-refractivity contribution in [1.82, 2.24) is 4.90 Å². The summed E-state index contributed by atoms with van der Waals surface area (Å²) in [6.07, 6.45) is 1.64. The third kappa shape index (κ3) is 4.22. The molecule has 2 amide bonds. The van der Waals surface area contributed by atoms with Gasteiger partial charge in [0.25, 0.3) is 11.1 Å². The van der Waals surface area contributed by atoms with Crippen LogP contribution in [0.25, 0.3) is 6.08 Å². The van der Waals surface area contributed by atoms with Crippen LogP contribution in [-0.4, -0.2) is 40.3 Å². The standard InChI is InChI=1S/C18H21NO5S/c1-5-24-14-6-11(4)12(7-13(14)10(2)3)8-15-17(22)19(9-16(20)21)18(23)25-15/h6-8,10H,5,9H2,1-4H3,(H,20,21)/b15-8+. The van der Waals surface area contributed by atoms with Crippen molar-refractivity contribution in [3.63, 3.8) is 0 Å². The van der Waals surface area contributed by atoms with E-state index in [1.807, 2.05) is 26.0 Å². The first kappa shape index (κ1) is 19.1. The van der Waals surface area contributed by atoms with Crippen LogP contribution in [0.5, 0.6) is 5.75 Å². The second-order valence-corrected chi connectivity index (χ2v) is 6.99. The third-order valence-electron chi connectivity index (χ3n) is 3.77. The molecule has 1 saturated heterocycles. The molecule has 0 aromatic heterocycles. The topological polar surface area (TPSA) is 83.9 Å². The minimum Gasteiger partial charge on any atom is -0.494 e. The molecule has 1 aromatic rings. The monoisotopic (exact) mass is 363 g/mol. The Morgan fingerprint density at radius 2 is 2.04 bits per heavy atom. The van der Waals surface area contributed by atoms with Crippen LogP contribution < -0.4 is 4.74 Å². The van der Waals surface area contributed by atoms with Gasteiger partial charge >= 0.3 is 5.97 Å². The molecule has 1 aliphatic rings. The fraction of sp³-hybridized carbons (Fsp3) is 0.389. The van der Waals surface area contributed by atoms with Crippen molar-refractivity contribution < 1.29 is 24.2 Å². The predicted octanol–water partition coefficient (Wildman–Crippen LogP) is 3.64. The second kappa shape index (κ2) is 7.74. The van der Waals surface area contributed by atoms with Crippen LogP contribution in [0.15, 0.2) is 17.0 Å². The van der Waals surface area contributed by atoms with Crippen LogP contribution >= 0.6 is 11.8 Å². The van der Waals surface area contributed by atoms with Gasteiger partial charge in [-0.15, -0.1) is 0 Å². The van der Waals surface area contributed by atoms with Crippen molar-refractivity contribution in [1.29, 1.82) is 0 Å². The number of carbonyl (C=O) groups excluding carboxylic acids is 2. The van der Waals surface area contributed by atoms with Gasteiger partial charge < -0.3 is 9.84 Å². The minimum atomic E-state index is -1.22. The Kier molecular flexibility index (Phi) is 5.89. The van der Waals surface area contributed by atoms with Gasteiger partial charge in [0.15, 0.2) is 0 Å². The lowest BCUT2D eigenvalue weighted by molar-refractivity contribution is -0.140. The Bertz CT molecular complexity index is 754. The van der Waals surface area contributed by atoms with Crippen molar-refractivity contribution >= 4 is 35.0 Å². The van der Waals surface area contributed by atoms with Crippen LogP contribution in [-0.2, 0) is 9.59 Å². The van der Waals surface area contributed by atoms with E-state index in [0.29, 0.717) is 6.61 Å². The highest BCUT2D eigenvalue weighted by Gasteiger charge is 2.36. The highest BCUT2D eigenvalue weighted by molar-refractivity contribution is 8.18. The number of carbonyl (C=O) groups is 3. The molecule has 2 rings (SSSR count). The summed E-state index contributed by atoms with van der Waals surface area (Å²) in [6.45, 7) is 7.87. The molecule has 0 aliphatic carbocycles. The lowest BCUT2D eigenvalue weighted by Gasteiger charge is -2.16. The summed E-state index contributed by atoms with van der Waals surface area (Å²) in [5.74, 6) is -0.748. The molecule has 0 spiro atoms. The Labute approximate surface area is 150 Å². The minimum absolute atomic E-state index is 0.230. The number of benzene rings is 1. The first-order valence-corrected chi connectivity index (χ1v) is 8.80. The van der Waals surface area contributed by atoms with E-state index in [2.05, 4.69) is 13.8 Å². The number of aliphatic carboxylic acids is 1. The average molecular weight is 363 g/mol. The van der Waals surface area contributed by atoms with Gasteiger partial charge in [-0.25, -0.2) is 0 Å². The number of hydrogen-bond donors (Lipinski definition) is 1. The van der Waals surface area contributed by atoms with Crippen molar-refractivity contribution in [2.24, 2.45) is 0 Å². The van der Waals surface area contributed by atoms with E-state index in [1.165, 1.54) is 0 Å². The molecule has 0 saturated carbocycles. The molecule has 1 N–H and O–H groups in total. The normalized spacial score (nSPS) is 16.2. The van der Waals surface area contributed by atoms with Crippen LogP contribution in [0.4, 0.5) is 4.79 Å². The third-order valence-corrected chi connectivity index (χ3v) is 4.68. The zero-order chi connectivity index (χ0) is 18.7. The molecule has 0 bridgehead atoms. The van der Waals surface area contributed by atoms with Gasteiger partial charge in [-0.05, 0) is 66.4 Å². The summed E-state index contributed by atoms with van der Waals surface area (Å²) < 4.78 is 5.68. The maximum absolute atomic E-state index is 12.3. The Hall–Kier alpha value is -2.28. The van der Waals surface area contributed by atoms with E-state index < -0.39 is 23.7 Å². The molecular weight excluding hydrogens is 342 g/mol. The van der Waals surface area contributed by atoms with Gasteiger partial charge in [-0.1, -0.05) is 13.8 Å². The summed E-state index contributed by atoms with van der Waals surface area (Å²) in [7, 11) is 0. The maximum Gasteiger partial charge on any atom is 0.323 e. The van der Waals surface area contributed by atoms with E-state index in [4.69, 9.17) is 9.84 Å². The number of aryl methyl sites for hydroxylation is 1. The SMILES string of the molecule is CCOc1cc(C)c(/C=C2/SC(=O)N(CC(=O)O)C2=O)cc1C(C)C. The fourth-order valence-electron chi connectivity index (χ4n) is 2.52. The second-order valence-electron chi connectivity index (χ2n) is 6.00. The Morgan fingerprint density at radius 1 is 1.36 bits per heavy atom. The largest absolute Gasteiger partial charge is 0.494 e. The number of hydrogen-bond acceptors (Lipinski definition) is 5. The number of nitrogens with zero attached hydrogens (tertiary/aromatic N) is 1. The fourth-order valence-corrected chi connectivity index (χ4v) is 3.34. The van der Waals surface area contributed by atoms with Crippen molar-refractivity contribution in [3.8, 4) is 5.75 Å². The zero-order valence-electron chi connectivity index (χ0n) is 14.7. The van der Waals surface area contributed by atoms with Crippen molar-refractivity contribution in [3.05, 3.63) is 33.7 Å². The predicted molar refractivity (Wildman–Crippen MR) is 96.7 cm³/mol. The molecule has 7 heteroatoms. The molecule has 0 atom stereocenters. The number of ether oxygens (including phenoxy) is 1. The van der Waals surface area contributed by atoms with Crippen molar-refractivity contribution in [2.45, 2.75) is 33.6 Å². The van der Waals surface area contributed by atoms with Gasteiger partial charge in [0.2, 0.25) is 0 Å². The molecule has 1 heterocycles. The molecule has 1 aliphatic heterocycles. The summed E-state index contributed by atoms with van der Waals surface area (Å²) in [5, 5.41) is 8.26. The van der Waals surface area contributed by atoms with Gasteiger partial charge in [0, 0.05) is 0 Å². The first-order valence-electron chi connectivity index (χ1n) is 7.99. The average Bonchev–Trinajstić information content (AvgIpc) is 2.77. The molecular formula is C18H21NO5S.